The van der Waals surface area contributed by atoms with Crippen LogP contribution >= 0.6 is 0 Å². The maximum Gasteiger partial charge on any atom is 0.511 e. The Morgan fingerprint density at radius 3 is 3.23 bits per heavy atom. The SMILES string of the molecule is O=C(O)Oc1cnn2c1CCCC2. The molecule has 0 unspecified atom stereocenters. The summed E-state index contributed by atoms with van der Waals surface area (Å²) < 4.78 is 6.39. The first-order chi connectivity index (χ1) is 6.27. The van der Waals surface area contributed by atoms with Crippen LogP contribution in [0.4, 0.5) is 4.79 Å². The van der Waals surface area contributed by atoms with E-state index in [-0.39, 0.29) is 0 Å². The standard InChI is InChI=1S/C8H10N2O3/c11-8(12)13-7-5-9-10-4-2-1-3-6(7)10/h5H,1-4H2,(H,11,12). The van der Waals surface area contributed by atoms with Crippen molar-refractivity contribution in [3.8, 4) is 5.75 Å². The largest absolute Gasteiger partial charge is 0.511 e. The van der Waals surface area contributed by atoms with E-state index in [4.69, 9.17) is 5.11 Å². The third-order valence-electron chi connectivity index (χ3n) is 2.14. The van der Waals surface area contributed by atoms with E-state index >= 15 is 0 Å². The third kappa shape index (κ3) is 1.49. The predicted molar refractivity (Wildman–Crippen MR) is 43.8 cm³/mol. The Kier molecular flexibility index (Phi) is 1.92. The van der Waals surface area contributed by atoms with Crippen molar-refractivity contribution in [3.05, 3.63) is 11.9 Å². The minimum atomic E-state index is -1.28. The molecule has 1 aliphatic heterocycles. The van der Waals surface area contributed by atoms with E-state index in [0.29, 0.717) is 5.75 Å². The Morgan fingerprint density at radius 2 is 2.46 bits per heavy atom. The van der Waals surface area contributed by atoms with E-state index in [1.807, 2.05) is 4.68 Å². The molecule has 0 aromatic carbocycles. The Bertz CT molecular complexity index is 332. The van der Waals surface area contributed by atoms with Gasteiger partial charge in [0.1, 0.15) is 0 Å². The van der Waals surface area contributed by atoms with Crippen LogP contribution in [0.3, 0.4) is 0 Å². The second-order valence-electron chi connectivity index (χ2n) is 3.00. The molecule has 1 aromatic rings. The molecule has 0 radical (unpaired) electrons. The molecule has 0 fully saturated rings. The zero-order chi connectivity index (χ0) is 9.26. The molecule has 70 valence electrons. The second kappa shape index (κ2) is 3.08. The maximum atomic E-state index is 10.3. The molecule has 0 saturated heterocycles. The first-order valence-corrected chi connectivity index (χ1v) is 4.23. The highest BCUT2D eigenvalue weighted by Gasteiger charge is 2.17. The summed E-state index contributed by atoms with van der Waals surface area (Å²) in [4.78, 5) is 10.3. The van der Waals surface area contributed by atoms with Crippen LogP contribution in [0.5, 0.6) is 5.75 Å². The van der Waals surface area contributed by atoms with Crippen LogP contribution < -0.4 is 4.74 Å². The summed E-state index contributed by atoms with van der Waals surface area (Å²) in [5, 5.41) is 12.5. The normalized spacial score (nSPS) is 15.1. The van der Waals surface area contributed by atoms with E-state index in [2.05, 4.69) is 9.84 Å². The van der Waals surface area contributed by atoms with Gasteiger partial charge in [0.2, 0.25) is 0 Å². The highest BCUT2D eigenvalue weighted by molar-refractivity contribution is 5.61. The predicted octanol–water partition coefficient (Wildman–Crippen LogP) is 1.28. The number of aromatic nitrogens is 2. The van der Waals surface area contributed by atoms with E-state index < -0.39 is 6.16 Å². The molecule has 13 heavy (non-hydrogen) atoms. The monoisotopic (exact) mass is 182 g/mol. The van der Waals surface area contributed by atoms with E-state index in [9.17, 15) is 4.79 Å². The fourth-order valence-corrected chi connectivity index (χ4v) is 1.57. The van der Waals surface area contributed by atoms with Crippen molar-refractivity contribution in [3.63, 3.8) is 0 Å². The quantitative estimate of drug-likeness (QED) is 0.664. The van der Waals surface area contributed by atoms with Gasteiger partial charge in [-0.3, -0.25) is 4.68 Å². The van der Waals surface area contributed by atoms with Gasteiger partial charge in [0.05, 0.1) is 11.9 Å². The fourth-order valence-electron chi connectivity index (χ4n) is 1.57. The van der Waals surface area contributed by atoms with Crippen LogP contribution in [0.2, 0.25) is 0 Å². The van der Waals surface area contributed by atoms with Crippen LogP contribution in [-0.4, -0.2) is 21.0 Å². The summed E-state index contributed by atoms with van der Waals surface area (Å²) in [5.41, 5.74) is 0.897. The molecule has 0 atom stereocenters. The number of ether oxygens (including phenoxy) is 1. The lowest BCUT2D eigenvalue weighted by molar-refractivity contribution is 0.144. The Labute approximate surface area is 74.9 Å². The van der Waals surface area contributed by atoms with Gasteiger partial charge in [-0.15, -0.1) is 0 Å². The van der Waals surface area contributed by atoms with E-state index in [1.165, 1.54) is 6.20 Å². The molecule has 0 amide bonds. The van der Waals surface area contributed by atoms with Crippen molar-refractivity contribution >= 4 is 6.16 Å². The lowest BCUT2D eigenvalue weighted by atomic mass is 10.1. The van der Waals surface area contributed by atoms with Gasteiger partial charge in [0.25, 0.3) is 0 Å². The summed E-state index contributed by atoms with van der Waals surface area (Å²) in [6, 6.07) is 0. The fraction of sp³-hybridized carbons (Fsp3) is 0.500. The lowest BCUT2D eigenvalue weighted by Crippen LogP contribution is -2.12. The molecule has 2 heterocycles. The highest BCUT2D eigenvalue weighted by atomic mass is 16.7. The van der Waals surface area contributed by atoms with Crippen molar-refractivity contribution in [1.82, 2.24) is 9.78 Å². The number of rotatable bonds is 1. The maximum absolute atomic E-state index is 10.3. The smallest absolute Gasteiger partial charge is 0.449 e. The summed E-state index contributed by atoms with van der Waals surface area (Å²) in [6.07, 6.45) is 3.21. The summed E-state index contributed by atoms with van der Waals surface area (Å²) >= 11 is 0. The van der Waals surface area contributed by atoms with Crippen LogP contribution in [0.25, 0.3) is 0 Å². The van der Waals surface area contributed by atoms with Gasteiger partial charge in [-0.1, -0.05) is 0 Å². The molecular formula is C8H10N2O3. The van der Waals surface area contributed by atoms with Crippen molar-refractivity contribution in [2.75, 3.05) is 0 Å². The summed E-state index contributed by atoms with van der Waals surface area (Å²) in [5.74, 6) is 0.382. The molecule has 2 rings (SSSR count). The summed E-state index contributed by atoms with van der Waals surface area (Å²) in [7, 11) is 0. The van der Waals surface area contributed by atoms with Gasteiger partial charge >= 0.3 is 6.16 Å². The Balaban J connectivity index is 2.26. The van der Waals surface area contributed by atoms with Gasteiger partial charge in [-0.25, -0.2) is 4.79 Å². The molecule has 1 aromatic heterocycles. The van der Waals surface area contributed by atoms with Crippen molar-refractivity contribution in [1.29, 1.82) is 0 Å². The molecule has 0 spiro atoms. The van der Waals surface area contributed by atoms with Crippen LogP contribution in [0.1, 0.15) is 18.5 Å². The Morgan fingerprint density at radius 1 is 1.62 bits per heavy atom. The van der Waals surface area contributed by atoms with Crippen molar-refractivity contribution in [2.45, 2.75) is 25.8 Å². The number of hydrogen-bond donors (Lipinski definition) is 1. The average molecular weight is 182 g/mol. The van der Waals surface area contributed by atoms with E-state index in [0.717, 1.165) is 31.5 Å². The number of carboxylic acid groups (broad SMARTS) is 1. The number of aryl methyl sites for hydroxylation is 1. The lowest BCUT2D eigenvalue weighted by Gasteiger charge is -2.13. The first kappa shape index (κ1) is 8.10. The molecule has 0 saturated carbocycles. The van der Waals surface area contributed by atoms with Gasteiger partial charge in [0.15, 0.2) is 5.75 Å². The first-order valence-electron chi connectivity index (χ1n) is 4.23. The number of nitrogens with zero attached hydrogens (tertiary/aromatic N) is 2. The van der Waals surface area contributed by atoms with Crippen LogP contribution in [-0.2, 0) is 13.0 Å². The second-order valence-corrected chi connectivity index (χ2v) is 3.00. The topological polar surface area (TPSA) is 64.3 Å². The minimum absolute atomic E-state index is 0.382. The number of hydrogen-bond acceptors (Lipinski definition) is 3. The highest BCUT2D eigenvalue weighted by Crippen LogP contribution is 2.24. The third-order valence-corrected chi connectivity index (χ3v) is 2.14. The van der Waals surface area contributed by atoms with Gasteiger partial charge < -0.3 is 9.84 Å². The van der Waals surface area contributed by atoms with E-state index in [1.54, 1.807) is 0 Å². The van der Waals surface area contributed by atoms with Crippen molar-refractivity contribution in [2.24, 2.45) is 0 Å². The molecule has 0 bridgehead atoms. The zero-order valence-corrected chi connectivity index (χ0v) is 7.06. The molecule has 0 aliphatic carbocycles. The number of carbonyl (C=O) groups is 1. The van der Waals surface area contributed by atoms with Gasteiger partial charge in [0, 0.05) is 6.54 Å². The molecule has 1 aliphatic rings. The molecule has 5 nitrogen and oxygen atoms in total. The van der Waals surface area contributed by atoms with Crippen molar-refractivity contribution < 1.29 is 14.6 Å². The summed E-state index contributed by atoms with van der Waals surface area (Å²) in [6.45, 7) is 0.859. The molecular weight excluding hydrogens is 172 g/mol. The average Bonchev–Trinajstić information content (AvgIpc) is 2.48. The van der Waals surface area contributed by atoms with Crippen LogP contribution in [0, 0.1) is 0 Å². The van der Waals surface area contributed by atoms with Gasteiger partial charge in [-0.05, 0) is 19.3 Å². The van der Waals surface area contributed by atoms with Crippen LogP contribution in [0.15, 0.2) is 6.20 Å². The zero-order valence-electron chi connectivity index (χ0n) is 7.06. The molecule has 5 heteroatoms. The van der Waals surface area contributed by atoms with Gasteiger partial charge in [-0.2, -0.15) is 5.10 Å². The minimum Gasteiger partial charge on any atom is -0.449 e. The molecule has 1 N–H and O–H groups in total. The Hall–Kier alpha value is -1.52. The number of fused-ring (bicyclic) bond motifs is 1.